The van der Waals surface area contributed by atoms with E-state index in [1.165, 1.54) is 0 Å². The van der Waals surface area contributed by atoms with E-state index < -0.39 is 0 Å². The molecule has 0 aromatic heterocycles. The average Bonchev–Trinajstić information content (AvgIpc) is 2.54. The zero-order chi connectivity index (χ0) is 16.3. The average molecular weight is 320 g/mol. The van der Waals surface area contributed by atoms with E-state index in [0.29, 0.717) is 19.3 Å². The molecule has 23 heavy (non-hydrogen) atoms. The Balaban J connectivity index is 1.46. The van der Waals surface area contributed by atoms with E-state index in [-0.39, 0.29) is 12.1 Å². The Labute approximate surface area is 138 Å². The molecule has 0 atom stereocenters. The maximum absolute atomic E-state index is 11.7. The first-order valence-electron chi connectivity index (χ1n) is 8.59. The number of aliphatic hydroxyl groups excluding tert-OH is 1. The van der Waals surface area contributed by atoms with Crippen molar-refractivity contribution in [2.24, 2.45) is 0 Å². The number of nitrogens with one attached hydrogen (secondary N) is 2. The van der Waals surface area contributed by atoms with Gasteiger partial charge in [0.15, 0.2) is 0 Å². The molecular weight excluding hydrogens is 292 g/mol. The highest BCUT2D eigenvalue weighted by molar-refractivity contribution is 5.67. The first-order valence-corrected chi connectivity index (χ1v) is 8.59. The van der Waals surface area contributed by atoms with Gasteiger partial charge < -0.3 is 20.5 Å². The van der Waals surface area contributed by atoms with Gasteiger partial charge in [-0.2, -0.15) is 0 Å². The summed E-state index contributed by atoms with van der Waals surface area (Å²) in [5, 5.41) is 15.1. The molecule has 1 aromatic rings. The monoisotopic (exact) mass is 320 g/mol. The Morgan fingerprint density at radius 2 is 1.83 bits per heavy atom. The number of hydrogen-bond donors (Lipinski definition) is 3. The maximum atomic E-state index is 11.7. The van der Waals surface area contributed by atoms with Crippen LogP contribution >= 0.6 is 0 Å². The van der Waals surface area contributed by atoms with Crippen LogP contribution in [0.1, 0.15) is 44.1 Å². The quantitative estimate of drug-likeness (QED) is 0.580. The van der Waals surface area contributed by atoms with Crippen molar-refractivity contribution in [1.82, 2.24) is 10.6 Å². The third-order valence-corrected chi connectivity index (χ3v) is 4.19. The second kappa shape index (κ2) is 10.2. The molecule has 0 aliphatic heterocycles. The van der Waals surface area contributed by atoms with Crippen molar-refractivity contribution in [3.63, 3.8) is 0 Å². The van der Waals surface area contributed by atoms with Gasteiger partial charge in [0.1, 0.15) is 6.61 Å². The van der Waals surface area contributed by atoms with Crippen LogP contribution in [0.5, 0.6) is 0 Å². The van der Waals surface area contributed by atoms with Gasteiger partial charge in [0.05, 0.1) is 0 Å². The van der Waals surface area contributed by atoms with Crippen LogP contribution in [0.3, 0.4) is 0 Å². The molecule has 1 aromatic carbocycles. The highest BCUT2D eigenvalue weighted by Gasteiger charge is 2.29. The summed E-state index contributed by atoms with van der Waals surface area (Å²) in [6.45, 7) is 1.62. The second-order valence-electron chi connectivity index (χ2n) is 6.16. The molecule has 0 heterocycles. The summed E-state index contributed by atoms with van der Waals surface area (Å²) in [5.74, 6) is 0. The van der Waals surface area contributed by atoms with Crippen LogP contribution in [0, 0.1) is 0 Å². The molecule has 1 fully saturated rings. The van der Waals surface area contributed by atoms with Gasteiger partial charge in [-0.3, -0.25) is 0 Å². The van der Waals surface area contributed by atoms with E-state index in [9.17, 15) is 4.79 Å². The fraction of sp³-hybridized carbons (Fsp3) is 0.611. The van der Waals surface area contributed by atoms with Crippen molar-refractivity contribution in [3.8, 4) is 0 Å². The van der Waals surface area contributed by atoms with E-state index >= 15 is 0 Å². The van der Waals surface area contributed by atoms with Crippen LogP contribution in [0.25, 0.3) is 0 Å². The van der Waals surface area contributed by atoms with E-state index in [1.807, 2.05) is 30.3 Å². The highest BCUT2D eigenvalue weighted by atomic mass is 16.5. The smallest absolute Gasteiger partial charge is 0.407 e. The summed E-state index contributed by atoms with van der Waals surface area (Å²) in [5.41, 5.74) is 0.997. The summed E-state index contributed by atoms with van der Waals surface area (Å²) in [4.78, 5) is 11.7. The predicted octanol–water partition coefficient (Wildman–Crippen LogP) is 2.59. The first kappa shape index (κ1) is 17.8. The first-order chi connectivity index (χ1) is 11.3. The lowest BCUT2D eigenvalue weighted by atomic mass is 9.87. The number of rotatable bonds is 10. The molecule has 2 rings (SSSR count). The number of benzene rings is 1. The summed E-state index contributed by atoms with van der Waals surface area (Å²) in [7, 11) is 0. The van der Waals surface area contributed by atoms with Crippen LogP contribution in [-0.4, -0.2) is 36.4 Å². The Hall–Kier alpha value is -1.59. The SMILES string of the molecule is O=C(NC1CC(NCCCCCCO)C1)OCc1ccccc1. The van der Waals surface area contributed by atoms with Crippen molar-refractivity contribution in [2.75, 3.05) is 13.2 Å². The number of aliphatic hydroxyl groups is 1. The fourth-order valence-corrected chi connectivity index (χ4v) is 2.73. The van der Waals surface area contributed by atoms with Crippen LogP contribution < -0.4 is 10.6 Å². The standard InChI is InChI=1S/C18H28N2O3/c21-11-7-2-1-6-10-19-16-12-17(13-16)20-18(22)23-14-15-8-4-3-5-9-15/h3-5,8-9,16-17,19,21H,1-2,6-7,10-14H2,(H,20,22). The Morgan fingerprint density at radius 1 is 1.09 bits per heavy atom. The van der Waals surface area contributed by atoms with E-state index in [1.54, 1.807) is 0 Å². The molecule has 1 aliphatic rings. The zero-order valence-corrected chi connectivity index (χ0v) is 13.7. The van der Waals surface area contributed by atoms with Gasteiger partial charge in [0.25, 0.3) is 0 Å². The Morgan fingerprint density at radius 3 is 2.57 bits per heavy atom. The van der Waals surface area contributed by atoms with Crippen LogP contribution in [0.2, 0.25) is 0 Å². The lowest BCUT2D eigenvalue weighted by Crippen LogP contribution is -2.52. The van der Waals surface area contributed by atoms with Gasteiger partial charge in [-0.05, 0) is 37.8 Å². The molecule has 1 aliphatic carbocycles. The molecular formula is C18H28N2O3. The van der Waals surface area contributed by atoms with Crippen LogP contribution in [0.15, 0.2) is 30.3 Å². The van der Waals surface area contributed by atoms with Gasteiger partial charge in [-0.25, -0.2) is 4.79 Å². The minimum Gasteiger partial charge on any atom is -0.445 e. The minimum absolute atomic E-state index is 0.227. The number of unbranched alkanes of at least 4 members (excludes halogenated alkanes) is 3. The summed E-state index contributed by atoms with van der Waals surface area (Å²) < 4.78 is 5.21. The third kappa shape index (κ3) is 7.01. The molecule has 0 unspecified atom stereocenters. The van der Waals surface area contributed by atoms with E-state index in [4.69, 9.17) is 9.84 Å². The molecule has 1 saturated carbocycles. The highest BCUT2D eigenvalue weighted by Crippen LogP contribution is 2.20. The van der Waals surface area contributed by atoms with Crippen molar-refractivity contribution in [2.45, 2.75) is 57.2 Å². The number of amides is 1. The van der Waals surface area contributed by atoms with Crippen molar-refractivity contribution in [1.29, 1.82) is 0 Å². The van der Waals surface area contributed by atoms with Crippen molar-refractivity contribution in [3.05, 3.63) is 35.9 Å². The molecule has 0 spiro atoms. The largest absolute Gasteiger partial charge is 0.445 e. The Bertz CT molecular complexity index is 447. The normalized spacial score (nSPS) is 19.9. The van der Waals surface area contributed by atoms with Crippen molar-refractivity contribution < 1.29 is 14.6 Å². The number of ether oxygens (including phenoxy) is 1. The molecule has 5 nitrogen and oxygen atoms in total. The molecule has 0 bridgehead atoms. The maximum Gasteiger partial charge on any atom is 0.407 e. The molecule has 5 heteroatoms. The van der Waals surface area contributed by atoms with Crippen molar-refractivity contribution >= 4 is 6.09 Å². The van der Waals surface area contributed by atoms with Gasteiger partial charge in [-0.1, -0.05) is 43.2 Å². The lowest BCUT2D eigenvalue weighted by Gasteiger charge is -2.36. The van der Waals surface area contributed by atoms with Gasteiger partial charge >= 0.3 is 6.09 Å². The van der Waals surface area contributed by atoms with Gasteiger partial charge in [-0.15, -0.1) is 0 Å². The summed E-state index contributed by atoms with van der Waals surface area (Å²) in [6, 6.07) is 10.4. The third-order valence-electron chi connectivity index (χ3n) is 4.19. The fourth-order valence-electron chi connectivity index (χ4n) is 2.73. The second-order valence-corrected chi connectivity index (χ2v) is 6.16. The van der Waals surface area contributed by atoms with E-state index in [2.05, 4.69) is 10.6 Å². The molecule has 3 N–H and O–H groups in total. The molecule has 1 amide bonds. The Kier molecular flexibility index (Phi) is 7.90. The number of carbonyl (C=O) groups is 1. The number of hydrogen-bond acceptors (Lipinski definition) is 4. The number of alkyl carbamates (subject to hydrolysis) is 1. The molecule has 128 valence electrons. The summed E-state index contributed by atoms with van der Waals surface area (Å²) >= 11 is 0. The predicted molar refractivity (Wildman–Crippen MR) is 90.1 cm³/mol. The topological polar surface area (TPSA) is 70.6 Å². The van der Waals surface area contributed by atoms with Gasteiger partial charge in [0.2, 0.25) is 0 Å². The van der Waals surface area contributed by atoms with E-state index in [0.717, 1.165) is 50.6 Å². The minimum atomic E-state index is -0.332. The van der Waals surface area contributed by atoms with Crippen LogP contribution in [-0.2, 0) is 11.3 Å². The molecule has 0 radical (unpaired) electrons. The zero-order valence-electron chi connectivity index (χ0n) is 13.7. The lowest BCUT2D eigenvalue weighted by molar-refractivity contribution is 0.125. The molecule has 0 saturated heterocycles. The summed E-state index contributed by atoms with van der Waals surface area (Å²) in [6.07, 6.45) is 5.91. The number of carbonyl (C=O) groups excluding carboxylic acids is 1. The van der Waals surface area contributed by atoms with Gasteiger partial charge in [0, 0.05) is 18.7 Å². The van der Waals surface area contributed by atoms with Crippen LogP contribution in [0.4, 0.5) is 4.79 Å².